The fourth-order valence-corrected chi connectivity index (χ4v) is 2.88. The lowest BCUT2D eigenvalue weighted by molar-refractivity contribution is 0.102. The van der Waals surface area contributed by atoms with Gasteiger partial charge in [-0.3, -0.25) is 14.2 Å². The molecule has 0 fully saturated rings. The summed E-state index contributed by atoms with van der Waals surface area (Å²) in [4.78, 5) is 12.2. The number of aromatic nitrogens is 4. The van der Waals surface area contributed by atoms with Crippen molar-refractivity contribution < 1.29 is 4.79 Å². The molecule has 0 spiro atoms. The molecular weight excluding hydrogens is 370 g/mol. The van der Waals surface area contributed by atoms with E-state index in [9.17, 15) is 4.79 Å². The second-order valence-electron chi connectivity index (χ2n) is 5.46. The lowest BCUT2D eigenvalue weighted by Crippen LogP contribution is -2.11. The summed E-state index contributed by atoms with van der Waals surface area (Å²) in [5.41, 5.74) is 3.51. The van der Waals surface area contributed by atoms with Crippen LogP contribution in [0.2, 0.25) is 0 Å². The molecule has 0 bridgehead atoms. The average molecular weight is 388 g/mol. The number of hydrogen-bond acceptors (Lipinski definition) is 3. The number of amides is 1. The number of anilines is 1. The van der Waals surface area contributed by atoms with Gasteiger partial charge in [0.05, 0.1) is 24.6 Å². The largest absolute Gasteiger partial charge is 0.319 e. The second kappa shape index (κ2) is 7.00. The van der Waals surface area contributed by atoms with Crippen molar-refractivity contribution in [2.24, 2.45) is 0 Å². The first-order valence-corrected chi connectivity index (χ1v) is 8.46. The summed E-state index contributed by atoms with van der Waals surface area (Å²) < 4.78 is 4.62. The first kappa shape index (κ1) is 16.4. The van der Waals surface area contributed by atoms with E-state index in [1.54, 1.807) is 23.0 Å². The first-order valence-electron chi connectivity index (χ1n) is 7.67. The molecule has 7 heteroatoms. The van der Waals surface area contributed by atoms with Crippen LogP contribution in [0.3, 0.4) is 0 Å². The maximum atomic E-state index is 12.2. The molecule has 2 heterocycles. The topological polar surface area (TPSA) is 64.7 Å². The number of nitrogens with zero attached hydrogens (tertiary/aromatic N) is 4. The summed E-state index contributed by atoms with van der Waals surface area (Å²) in [5.74, 6) is -0.161. The summed E-state index contributed by atoms with van der Waals surface area (Å²) in [6.07, 6.45) is 5.33. The minimum Gasteiger partial charge on any atom is -0.319 e. The van der Waals surface area contributed by atoms with Crippen LogP contribution in [0.1, 0.15) is 28.5 Å². The van der Waals surface area contributed by atoms with Crippen molar-refractivity contribution in [3.05, 3.63) is 64.1 Å². The molecule has 0 unspecified atom stereocenters. The van der Waals surface area contributed by atoms with Gasteiger partial charge in [0.2, 0.25) is 0 Å². The van der Waals surface area contributed by atoms with E-state index in [0.717, 1.165) is 22.3 Å². The Morgan fingerprint density at radius 1 is 1.29 bits per heavy atom. The molecule has 0 saturated heterocycles. The van der Waals surface area contributed by atoms with Crippen LogP contribution in [0.15, 0.2) is 47.3 Å². The van der Waals surface area contributed by atoms with Gasteiger partial charge in [-0.05, 0) is 32.0 Å². The van der Waals surface area contributed by atoms with E-state index >= 15 is 0 Å². The van der Waals surface area contributed by atoms with Crippen molar-refractivity contribution in [1.29, 1.82) is 0 Å². The van der Waals surface area contributed by atoms with Gasteiger partial charge in [0, 0.05) is 34.0 Å². The van der Waals surface area contributed by atoms with Gasteiger partial charge in [0.25, 0.3) is 5.91 Å². The molecule has 0 aliphatic carbocycles. The summed E-state index contributed by atoms with van der Waals surface area (Å²) in [6.45, 7) is 5.58. The zero-order valence-corrected chi connectivity index (χ0v) is 15.1. The Morgan fingerprint density at radius 3 is 2.83 bits per heavy atom. The number of aryl methyl sites for hydroxylation is 1. The molecule has 2 aromatic heterocycles. The van der Waals surface area contributed by atoms with Gasteiger partial charge in [-0.1, -0.05) is 22.0 Å². The monoisotopic (exact) mass is 387 g/mol. The van der Waals surface area contributed by atoms with E-state index in [1.807, 2.05) is 36.1 Å². The van der Waals surface area contributed by atoms with Crippen molar-refractivity contribution in [3.63, 3.8) is 0 Å². The normalized spacial score (nSPS) is 10.8. The molecule has 1 aromatic carbocycles. The summed E-state index contributed by atoms with van der Waals surface area (Å²) in [5, 5.41) is 11.5. The van der Waals surface area contributed by atoms with Gasteiger partial charge in [-0.15, -0.1) is 0 Å². The van der Waals surface area contributed by atoms with Crippen molar-refractivity contribution >= 4 is 27.5 Å². The highest BCUT2D eigenvalue weighted by Crippen LogP contribution is 2.15. The molecule has 3 rings (SSSR count). The van der Waals surface area contributed by atoms with E-state index in [2.05, 4.69) is 38.4 Å². The maximum absolute atomic E-state index is 12.2. The average Bonchev–Trinajstić information content (AvgIpc) is 3.15. The highest BCUT2D eigenvalue weighted by molar-refractivity contribution is 9.10. The lowest BCUT2D eigenvalue weighted by atomic mass is 10.2. The molecule has 0 aliphatic rings. The quantitative estimate of drug-likeness (QED) is 0.728. The minimum atomic E-state index is -0.161. The lowest BCUT2D eigenvalue weighted by Gasteiger charge is -2.04. The second-order valence-corrected chi connectivity index (χ2v) is 6.38. The Morgan fingerprint density at radius 2 is 2.12 bits per heavy atom. The Balaban J connectivity index is 1.69. The van der Waals surface area contributed by atoms with Gasteiger partial charge in [0.1, 0.15) is 0 Å². The molecular formula is C17H18BrN5O. The molecule has 6 nitrogen and oxygen atoms in total. The summed E-state index contributed by atoms with van der Waals surface area (Å²) in [6, 6.07) is 7.26. The zero-order chi connectivity index (χ0) is 17.1. The molecule has 0 aliphatic heterocycles. The minimum absolute atomic E-state index is 0.161. The summed E-state index contributed by atoms with van der Waals surface area (Å²) in [7, 11) is 0. The number of halogens is 1. The Hall–Kier alpha value is -2.41. The van der Waals surface area contributed by atoms with E-state index < -0.39 is 0 Å². The van der Waals surface area contributed by atoms with Crippen LogP contribution in [0.25, 0.3) is 0 Å². The molecule has 1 amide bonds. The van der Waals surface area contributed by atoms with Crippen LogP contribution in [0, 0.1) is 6.92 Å². The fraction of sp³-hybridized carbons (Fsp3) is 0.235. The zero-order valence-electron chi connectivity index (χ0n) is 13.5. The van der Waals surface area contributed by atoms with Crippen LogP contribution < -0.4 is 5.32 Å². The first-order chi connectivity index (χ1) is 11.6. The van der Waals surface area contributed by atoms with E-state index in [0.29, 0.717) is 17.8 Å². The SMILES string of the molecule is CCn1ncc(Cn2cc(NC(=O)c3cccc(Br)c3)cn2)c1C. The van der Waals surface area contributed by atoms with E-state index in [1.165, 1.54) is 0 Å². The van der Waals surface area contributed by atoms with E-state index in [-0.39, 0.29) is 5.91 Å². The standard InChI is InChI=1S/C17H18BrN5O/c1-3-23-12(2)14(8-20-23)10-22-11-16(9-19-22)21-17(24)13-5-4-6-15(18)7-13/h4-9,11H,3,10H2,1-2H3,(H,21,24). The number of benzene rings is 1. The predicted molar refractivity (Wildman–Crippen MR) is 96.1 cm³/mol. The van der Waals surface area contributed by atoms with E-state index in [4.69, 9.17) is 0 Å². The van der Waals surface area contributed by atoms with Gasteiger partial charge in [0.15, 0.2) is 0 Å². The van der Waals surface area contributed by atoms with Crippen LogP contribution in [0.4, 0.5) is 5.69 Å². The third kappa shape index (κ3) is 3.56. The van der Waals surface area contributed by atoms with Crippen molar-refractivity contribution in [3.8, 4) is 0 Å². The van der Waals surface area contributed by atoms with Gasteiger partial charge < -0.3 is 5.32 Å². The van der Waals surface area contributed by atoms with Crippen molar-refractivity contribution in [2.45, 2.75) is 26.9 Å². The number of rotatable bonds is 5. The molecule has 0 atom stereocenters. The number of hydrogen-bond donors (Lipinski definition) is 1. The van der Waals surface area contributed by atoms with Gasteiger partial charge in [-0.25, -0.2) is 0 Å². The highest BCUT2D eigenvalue weighted by Gasteiger charge is 2.10. The summed E-state index contributed by atoms with van der Waals surface area (Å²) >= 11 is 3.37. The van der Waals surface area contributed by atoms with Crippen LogP contribution in [-0.2, 0) is 13.1 Å². The Labute approximate surface area is 148 Å². The third-order valence-electron chi connectivity index (χ3n) is 3.81. The highest BCUT2D eigenvalue weighted by atomic mass is 79.9. The van der Waals surface area contributed by atoms with Crippen molar-refractivity contribution in [2.75, 3.05) is 5.32 Å². The third-order valence-corrected chi connectivity index (χ3v) is 4.31. The molecule has 1 N–H and O–H groups in total. The van der Waals surface area contributed by atoms with Crippen LogP contribution in [0.5, 0.6) is 0 Å². The molecule has 3 aromatic rings. The molecule has 0 saturated carbocycles. The molecule has 0 radical (unpaired) electrons. The van der Waals surface area contributed by atoms with Crippen molar-refractivity contribution in [1.82, 2.24) is 19.6 Å². The smallest absolute Gasteiger partial charge is 0.255 e. The number of nitrogens with one attached hydrogen (secondary N) is 1. The van der Waals surface area contributed by atoms with Crippen LogP contribution >= 0.6 is 15.9 Å². The Bertz CT molecular complexity index is 868. The predicted octanol–water partition coefficient (Wildman–Crippen LogP) is 3.47. The van der Waals surface area contributed by atoms with Gasteiger partial charge in [-0.2, -0.15) is 10.2 Å². The fourth-order valence-electron chi connectivity index (χ4n) is 2.48. The van der Waals surface area contributed by atoms with Crippen LogP contribution in [-0.4, -0.2) is 25.5 Å². The van der Waals surface area contributed by atoms with Gasteiger partial charge >= 0.3 is 0 Å². The molecule has 124 valence electrons. The molecule has 24 heavy (non-hydrogen) atoms. The number of carbonyl (C=O) groups is 1. The Kier molecular flexibility index (Phi) is 4.80. The maximum Gasteiger partial charge on any atom is 0.255 e. The number of carbonyl (C=O) groups excluding carboxylic acids is 1.